The molecule has 0 bridgehead atoms. The van der Waals surface area contributed by atoms with Gasteiger partial charge >= 0.3 is 5.76 Å². The van der Waals surface area contributed by atoms with Crippen molar-refractivity contribution in [1.82, 2.24) is 18.9 Å². The minimum absolute atomic E-state index is 0.0458. The van der Waals surface area contributed by atoms with Crippen molar-refractivity contribution in [2.24, 2.45) is 0 Å². The smallest absolute Gasteiger partial charge is 0.408 e. The second-order valence-corrected chi connectivity index (χ2v) is 9.29. The lowest BCUT2D eigenvalue weighted by Crippen LogP contribution is -2.21. The van der Waals surface area contributed by atoms with E-state index in [4.69, 9.17) is 4.42 Å². The number of oxazole rings is 1. The number of sulfonamides is 1. The molecule has 0 aliphatic rings. The first kappa shape index (κ1) is 19.5. The first-order valence-electron chi connectivity index (χ1n) is 9.03. The molecule has 0 fully saturated rings. The van der Waals surface area contributed by atoms with Gasteiger partial charge in [-0.15, -0.1) is 11.3 Å². The fourth-order valence-electron chi connectivity index (χ4n) is 3.49. The summed E-state index contributed by atoms with van der Waals surface area (Å²) in [6.07, 6.45) is 4.71. The average Bonchev–Trinajstić information content (AvgIpc) is 3.45. The van der Waals surface area contributed by atoms with E-state index in [0.717, 1.165) is 34.7 Å². The summed E-state index contributed by atoms with van der Waals surface area (Å²) in [7, 11) is -4.26. The Kier molecular flexibility index (Phi) is 4.41. The lowest BCUT2D eigenvalue weighted by molar-refractivity contribution is 0.484. The lowest BCUT2D eigenvalue weighted by Gasteiger charge is -2.15. The molecule has 4 heterocycles. The van der Waals surface area contributed by atoms with E-state index >= 15 is 0 Å². The number of benzene rings is 1. The van der Waals surface area contributed by atoms with Crippen molar-refractivity contribution < 1.29 is 17.2 Å². The molecule has 5 aromatic rings. The van der Waals surface area contributed by atoms with Crippen LogP contribution in [0.15, 0.2) is 68.5 Å². The van der Waals surface area contributed by atoms with Gasteiger partial charge in [-0.1, -0.05) is 6.07 Å². The normalized spacial score (nSPS) is 13.1. The Morgan fingerprint density at radius 1 is 1.29 bits per heavy atom. The highest BCUT2D eigenvalue weighted by Crippen LogP contribution is 2.28. The number of aromatic nitrogens is 4. The molecule has 5 rings (SSSR count). The van der Waals surface area contributed by atoms with Crippen LogP contribution in [-0.2, 0) is 10.0 Å². The van der Waals surface area contributed by atoms with Crippen molar-refractivity contribution in [3.8, 4) is 0 Å². The Balaban J connectivity index is 1.63. The Morgan fingerprint density at radius 2 is 2.13 bits per heavy atom. The number of nitrogens with zero attached hydrogens (tertiary/aromatic N) is 4. The summed E-state index contributed by atoms with van der Waals surface area (Å²) in [6.45, 7) is 1.76. The van der Waals surface area contributed by atoms with E-state index in [9.17, 15) is 17.6 Å². The summed E-state index contributed by atoms with van der Waals surface area (Å²) in [6, 6.07) is 6.96. The van der Waals surface area contributed by atoms with Crippen molar-refractivity contribution in [2.75, 3.05) is 4.72 Å². The first-order valence-corrected chi connectivity index (χ1v) is 11.4. The van der Waals surface area contributed by atoms with Crippen LogP contribution in [0.2, 0.25) is 0 Å². The zero-order valence-corrected chi connectivity index (χ0v) is 17.5. The highest BCUT2D eigenvalue weighted by molar-refractivity contribution is 7.93. The number of hydrogen-bond acceptors (Lipinski definition) is 7. The van der Waals surface area contributed by atoms with Gasteiger partial charge in [0, 0.05) is 29.4 Å². The molecule has 4 aromatic heterocycles. The number of fused-ring (bicyclic) bond motifs is 2. The third kappa shape index (κ3) is 3.20. The van der Waals surface area contributed by atoms with E-state index in [1.807, 2.05) is 22.6 Å². The van der Waals surface area contributed by atoms with Crippen LogP contribution < -0.4 is 10.5 Å². The molecule has 0 amide bonds. The molecule has 0 aliphatic heterocycles. The van der Waals surface area contributed by atoms with Gasteiger partial charge in [0.05, 0.1) is 29.6 Å². The summed E-state index contributed by atoms with van der Waals surface area (Å²) in [5, 5.41) is 1.68. The number of pyridine rings is 1. The van der Waals surface area contributed by atoms with E-state index in [0.29, 0.717) is 0 Å². The van der Waals surface area contributed by atoms with Crippen molar-refractivity contribution in [2.45, 2.75) is 17.9 Å². The first-order chi connectivity index (χ1) is 14.8. The van der Waals surface area contributed by atoms with Crippen LogP contribution in [-0.4, -0.2) is 27.4 Å². The molecule has 158 valence electrons. The maximum Gasteiger partial charge on any atom is 0.420 e. The molecule has 0 unspecified atom stereocenters. The Hall–Kier alpha value is -3.51. The van der Waals surface area contributed by atoms with Crippen LogP contribution in [0.3, 0.4) is 0 Å². The van der Waals surface area contributed by atoms with Crippen LogP contribution in [0.5, 0.6) is 0 Å². The summed E-state index contributed by atoms with van der Waals surface area (Å²) in [5.74, 6) is -1.75. The summed E-state index contributed by atoms with van der Waals surface area (Å²) >= 11 is 1.05. The Labute approximate surface area is 178 Å². The van der Waals surface area contributed by atoms with E-state index in [-0.39, 0.29) is 16.2 Å². The number of halogens is 1. The minimum Gasteiger partial charge on any atom is -0.408 e. The number of nitrogens with one attached hydrogen (secondary N) is 1. The minimum atomic E-state index is -4.26. The predicted molar refractivity (Wildman–Crippen MR) is 112 cm³/mol. The van der Waals surface area contributed by atoms with Crippen molar-refractivity contribution in [1.29, 1.82) is 0 Å². The summed E-state index contributed by atoms with van der Waals surface area (Å²) < 4.78 is 50.7. The van der Waals surface area contributed by atoms with Crippen molar-refractivity contribution in [3.05, 3.63) is 76.5 Å². The second-order valence-electron chi connectivity index (χ2n) is 6.75. The second kappa shape index (κ2) is 7.03. The number of rotatable bonds is 5. The van der Waals surface area contributed by atoms with E-state index in [1.54, 1.807) is 24.8 Å². The van der Waals surface area contributed by atoms with E-state index < -0.39 is 32.5 Å². The maximum absolute atomic E-state index is 14.9. The Morgan fingerprint density at radius 3 is 2.90 bits per heavy atom. The standard InChI is InChI=1S/C19H14FN5O4S2/c1-11(14-4-2-3-12-9-21-10-24(12)14)25-15-7-13(20)17(8-16(15)29-19(25)26)31(27,28)23-18-22-5-6-30-18/h2-11H,1H3,(H,22,23)/t11-/m1/s1. The third-order valence-corrected chi connectivity index (χ3v) is 7.08. The van der Waals surface area contributed by atoms with Crippen LogP contribution in [0.4, 0.5) is 9.52 Å². The van der Waals surface area contributed by atoms with Crippen LogP contribution in [0, 0.1) is 5.82 Å². The third-order valence-electron chi connectivity index (χ3n) is 4.91. The van der Waals surface area contributed by atoms with Gasteiger partial charge in [0.15, 0.2) is 10.7 Å². The molecule has 12 heteroatoms. The molecule has 1 N–H and O–H groups in total. The van der Waals surface area contributed by atoms with Crippen molar-refractivity contribution >= 4 is 43.1 Å². The number of hydrogen-bond donors (Lipinski definition) is 1. The van der Waals surface area contributed by atoms with Gasteiger partial charge in [-0.25, -0.2) is 27.6 Å². The monoisotopic (exact) mass is 459 g/mol. The zero-order valence-electron chi connectivity index (χ0n) is 15.9. The lowest BCUT2D eigenvalue weighted by atomic mass is 10.2. The maximum atomic E-state index is 14.9. The molecule has 31 heavy (non-hydrogen) atoms. The van der Waals surface area contributed by atoms with E-state index in [2.05, 4.69) is 14.7 Å². The van der Waals surface area contributed by atoms with Gasteiger partial charge in [0.1, 0.15) is 10.7 Å². The Bertz CT molecular complexity index is 1580. The topological polar surface area (TPSA) is 111 Å². The molecular formula is C19H14FN5O4S2. The largest absolute Gasteiger partial charge is 0.420 e. The summed E-state index contributed by atoms with van der Waals surface area (Å²) in [4.78, 5) is 19.9. The van der Waals surface area contributed by atoms with Gasteiger partial charge < -0.3 is 8.82 Å². The van der Waals surface area contributed by atoms with Crippen LogP contribution >= 0.6 is 11.3 Å². The fraction of sp³-hybridized carbons (Fsp3) is 0.105. The molecule has 1 atom stereocenters. The van der Waals surface area contributed by atoms with E-state index in [1.165, 1.54) is 10.8 Å². The number of thiazole rings is 1. The highest BCUT2D eigenvalue weighted by Gasteiger charge is 2.25. The fourth-order valence-corrected chi connectivity index (χ4v) is 5.36. The van der Waals surface area contributed by atoms with Crippen LogP contribution in [0.1, 0.15) is 18.7 Å². The molecule has 0 radical (unpaired) electrons. The molecular weight excluding hydrogens is 445 g/mol. The SMILES string of the molecule is C[C@H](c1cccc2cncn12)n1c(=O)oc2cc(S(=O)(=O)Nc3nccs3)c(F)cc21. The molecule has 0 aliphatic carbocycles. The molecule has 0 saturated heterocycles. The average molecular weight is 459 g/mol. The van der Waals surface area contributed by atoms with Crippen molar-refractivity contribution in [3.63, 3.8) is 0 Å². The number of imidazole rings is 1. The molecule has 9 nitrogen and oxygen atoms in total. The zero-order chi connectivity index (χ0) is 21.8. The quantitative estimate of drug-likeness (QED) is 0.432. The number of anilines is 1. The van der Waals surface area contributed by atoms with Gasteiger partial charge in [0.2, 0.25) is 0 Å². The molecule has 0 saturated carbocycles. The predicted octanol–water partition coefficient (Wildman–Crippen LogP) is 3.25. The van der Waals surface area contributed by atoms with Crippen LogP contribution in [0.25, 0.3) is 16.6 Å². The molecule has 0 spiro atoms. The van der Waals surface area contributed by atoms with Gasteiger partial charge in [-0.05, 0) is 19.1 Å². The van der Waals surface area contributed by atoms with Gasteiger partial charge in [0.25, 0.3) is 10.0 Å². The summed E-state index contributed by atoms with van der Waals surface area (Å²) in [5.41, 5.74) is 1.65. The van der Waals surface area contributed by atoms with Gasteiger partial charge in [-0.2, -0.15) is 0 Å². The highest BCUT2D eigenvalue weighted by atomic mass is 32.2. The molecule has 1 aromatic carbocycles. The van der Waals surface area contributed by atoms with Gasteiger partial charge in [-0.3, -0.25) is 9.29 Å².